The maximum Gasteiger partial charge on any atom is 0.312 e. The van der Waals surface area contributed by atoms with Gasteiger partial charge in [0.1, 0.15) is 11.5 Å². The fourth-order valence-corrected chi connectivity index (χ4v) is 4.03. The van der Waals surface area contributed by atoms with Gasteiger partial charge in [0.15, 0.2) is 0 Å². The lowest BCUT2D eigenvalue weighted by Gasteiger charge is -2.22. The third-order valence-corrected chi connectivity index (χ3v) is 5.23. The minimum Gasteiger partial charge on any atom is -0.469 e. The van der Waals surface area contributed by atoms with Crippen molar-refractivity contribution in [2.24, 2.45) is 11.8 Å². The Morgan fingerprint density at radius 1 is 1.39 bits per heavy atom. The van der Waals surface area contributed by atoms with E-state index in [9.17, 15) is 9.59 Å². The Morgan fingerprint density at radius 2 is 2.13 bits per heavy atom. The van der Waals surface area contributed by atoms with Crippen LogP contribution in [0.15, 0.2) is 36.4 Å². The van der Waals surface area contributed by atoms with Gasteiger partial charge in [-0.3, -0.25) is 9.59 Å². The molecule has 0 N–H and O–H groups in total. The normalized spacial score (nSPS) is 34.1. The fraction of sp³-hybridized carbons (Fsp3) is 0.444. The lowest BCUT2D eigenvalue weighted by molar-refractivity contribution is -0.149. The van der Waals surface area contributed by atoms with Crippen LogP contribution in [-0.4, -0.2) is 37.2 Å². The number of ether oxygens (including phenoxy) is 2. The van der Waals surface area contributed by atoms with Crippen LogP contribution >= 0.6 is 0 Å². The Kier molecular flexibility index (Phi) is 3.10. The standard InChI is InChI=1S/C18H19NO4/c1-3-11-4-6-12(7-5-11)19-10-18-9-8-13(23-18)14(17(21)22-2)15(18)16(19)20/h4-9,13-15H,3,10H2,1-2H3/t13-,14-,15-,18+/m0/s1. The Hall–Kier alpha value is -2.14. The highest BCUT2D eigenvalue weighted by atomic mass is 16.5. The molecule has 0 unspecified atom stereocenters. The maximum atomic E-state index is 13.0. The number of benzene rings is 1. The molecule has 0 radical (unpaired) electrons. The SMILES string of the molecule is CCc1ccc(N2C[C@@]34C=C[C@H](O3)[C@H](C(=O)OC)[C@H]4C2=O)cc1. The monoisotopic (exact) mass is 313 g/mol. The Morgan fingerprint density at radius 3 is 2.78 bits per heavy atom. The number of carbonyl (C=O) groups excluding carboxylic acids is 2. The molecule has 5 nitrogen and oxygen atoms in total. The highest BCUT2D eigenvalue weighted by Crippen LogP contribution is 2.52. The van der Waals surface area contributed by atoms with Gasteiger partial charge in [-0.15, -0.1) is 0 Å². The first kappa shape index (κ1) is 14.5. The molecule has 1 amide bonds. The zero-order valence-corrected chi connectivity index (χ0v) is 13.2. The lowest BCUT2D eigenvalue weighted by Crippen LogP contribution is -2.39. The van der Waals surface area contributed by atoms with E-state index in [-0.39, 0.29) is 18.0 Å². The van der Waals surface area contributed by atoms with E-state index >= 15 is 0 Å². The summed E-state index contributed by atoms with van der Waals surface area (Å²) in [6.45, 7) is 2.54. The van der Waals surface area contributed by atoms with Crippen molar-refractivity contribution in [3.05, 3.63) is 42.0 Å². The molecule has 1 spiro atoms. The second-order valence-electron chi connectivity index (χ2n) is 6.37. The van der Waals surface area contributed by atoms with Gasteiger partial charge in [0.25, 0.3) is 0 Å². The maximum absolute atomic E-state index is 13.0. The topological polar surface area (TPSA) is 55.8 Å². The first-order chi connectivity index (χ1) is 11.1. The van der Waals surface area contributed by atoms with E-state index in [2.05, 4.69) is 6.92 Å². The molecule has 3 aliphatic heterocycles. The average molecular weight is 313 g/mol. The van der Waals surface area contributed by atoms with Crippen molar-refractivity contribution in [1.82, 2.24) is 0 Å². The van der Waals surface area contributed by atoms with Gasteiger partial charge in [0.2, 0.25) is 5.91 Å². The second kappa shape index (κ2) is 4.93. The van der Waals surface area contributed by atoms with E-state index in [1.165, 1.54) is 12.7 Å². The number of anilines is 1. The van der Waals surface area contributed by atoms with Crippen LogP contribution < -0.4 is 4.90 Å². The van der Waals surface area contributed by atoms with E-state index in [4.69, 9.17) is 9.47 Å². The van der Waals surface area contributed by atoms with Crippen LogP contribution in [0.3, 0.4) is 0 Å². The Labute approximate surface area is 134 Å². The minimum absolute atomic E-state index is 0.0588. The summed E-state index contributed by atoms with van der Waals surface area (Å²) in [6.07, 6.45) is 4.44. The van der Waals surface area contributed by atoms with Gasteiger partial charge in [-0.05, 0) is 24.1 Å². The van der Waals surface area contributed by atoms with Crippen molar-refractivity contribution in [3.63, 3.8) is 0 Å². The van der Waals surface area contributed by atoms with Crippen LogP contribution in [0.1, 0.15) is 12.5 Å². The molecule has 0 saturated carbocycles. The number of rotatable bonds is 3. The van der Waals surface area contributed by atoms with E-state index < -0.39 is 17.4 Å². The smallest absolute Gasteiger partial charge is 0.312 e. The number of nitrogens with zero attached hydrogens (tertiary/aromatic N) is 1. The summed E-state index contributed by atoms with van der Waals surface area (Å²) in [6, 6.07) is 7.97. The zero-order valence-electron chi connectivity index (χ0n) is 13.2. The zero-order chi connectivity index (χ0) is 16.2. The fourth-order valence-electron chi connectivity index (χ4n) is 4.03. The summed E-state index contributed by atoms with van der Waals surface area (Å²) >= 11 is 0. The number of aryl methyl sites for hydroxylation is 1. The molecule has 23 heavy (non-hydrogen) atoms. The van der Waals surface area contributed by atoms with Crippen molar-refractivity contribution in [3.8, 4) is 0 Å². The molecule has 4 atom stereocenters. The summed E-state index contributed by atoms with van der Waals surface area (Å²) in [7, 11) is 1.35. The van der Waals surface area contributed by atoms with Crippen LogP contribution in [-0.2, 0) is 25.5 Å². The summed E-state index contributed by atoms with van der Waals surface area (Å²) < 4.78 is 10.9. The highest BCUT2D eigenvalue weighted by molar-refractivity contribution is 6.02. The minimum atomic E-state index is -0.690. The molecular weight excluding hydrogens is 294 g/mol. The molecule has 5 heteroatoms. The molecular formula is C18H19NO4. The van der Waals surface area contributed by atoms with Gasteiger partial charge in [-0.2, -0.15) is 0 Å². The number of hydrogen-bond acceptors (Lipinski definition) is 4. The molecule has 2 fully saturated rings. The molecule has 3 heterocycles. The van der Waals surface area contributed by atoms with E-state index in [1.807, 2.05) is 36.4 Å². The van der Waals surface area contributed by atoms with Crippen LogP contribution in [0.25, 0.3) is 0 Å². The van der Waals surface area contributed by atoms with E-state index in [0.717, 1.165) is 12.1 Å². The quantitative estimate of drug-likeness (QED) is 0.630. The number of carbonyl (C=O) groups is 2. The summed E-state index contributed by atoms with van der Waals surface area (Å²) in [5, 5.41) is 0. The number of esters is 1. The van der Waals surface area contributed by atoms with Crippen molar-refractivity contribution in [2.45, 2.75) is 25.0 Å². The summed E-state index contributed by atoms with van der Waals surface area (Å²) in [4.78, 5) is 26.8. The first-order valence-electron chi connectivity index (χ1n) is 7.95. The number of amides is 1. The molecule has 2 saturated heterocycles. The van der Waals surface area contributed by atoms with Crippen LogP contribution in [0.2, 0.25) is 0 Å². The Balaban J connectivity index is 1.68. The van der Waals surface area contributed by atoms with Crippen molar-refractivity contribution in [2.75, 3.05) is 18.6 Å². The Bertz CT molecular complexity index is 695. The third kappa shape index (κ3) is 1.89. The molecule has 120 valence electrons. The molecule has 3 aliphatic rings. The summed E-state index contributed by atoms with van der Waals surface area (Å²) in [5.41, 5.74) is 1.38. The van der Waals surface area contributed by atoms with Crippen molar-refractivity contribution >= 4 is 17.6 Å². The van der Waals surface area contributed by atoms with Gasteiger partial charge in [0, 0.05) is 5.69 Å². The molecule has 4 rings (SSSR count). The predicted octanol–water partition coefficient (Wildman–Crippen LogP) is 1.71. The second-order valence-corrected chi connectivity index (χ2v) is 6.37. The van der Waals surface area contributed by atoms with Crippen LogP contribution in [0.5, 0.6) is 0 Å². The van der Waals surface area contributed by atoms with Gasteiger partial charge in [0.05, 0.1) is 25.7 Å². The van der Waals surface area contributed by atoms with E-state index in [0.29, 0.717) is 6.54 Å². The van der Waals surface area contributed by atoms with Crippen LogP contribution in [0.4, 0.5) is 5.69 Å². The highest BCUT2D eigenvalue weighted by Gasteiger charge is 2.67. The number of hydrogen-bond donors (Lipinski definition) is 0. The lowest BCUT2D eigenvalue weighted by atomic mass is 9.77. The van der Waals surface area contributed by atoms with Gasteiger partial charge < -0.3 is 14.4 Å². The van der Waals surface area contributed by atoms with Crippen molar-refractivity contribution in [1.29, 1.82) is 0 Å². The van der Waals surface area contributed by atoms with Crippen LogP contribution in [0, 0.1) is 11.8 Å². The van der Waals surface area contributed by atoms with Gasteiger partial charge in [-0.1, -0.05) is 31.2 Å². The predicted molar refractivity (Wildman–Crippen MR) is 83.9 cm³/mol. The number of methoxy groups -OCH3 is 1. The van der Waals surface area contributed by atoms with E-state index in [1.54, 1.807) is 4.90 Å². The third-order valence-electron chi connectivity index (χ3n) is 5.23. The van der Waals surface area contributed by atoms with Crippen molar-refractivity contribution < 1.29 is 19.1 Å². The van der Waals surface area contributed by atoms with Gasteiger partial charge in [-0.25, -0.2) is 0 Å². The average Bonchev–Trinajstić information content (AvgIpc) is 3.22. The molecule has 1 aromatic carbocycles. The largest absolute Gasteiger partial charge is 0.469 e. The molecule has 0 aromatic heterocycles. The first-order valence-corrected chi connectivity index (χ1v) is 7.95. The molecule has 1 aromatic rings. The molecule has 0 aliphatic carbocycles. The summed E-state index contributed by atoms with van der Waals surface area (Å²) in [5.74, 6) is -1.47. The van der Waals surface area contributed by atoms with Gasteiger partial charge >= 0.3 is 5.97 Å². The molecule has 2 bridgehead atoms. The number of fused-ring (bicyclic) bond motifs is 1.